The number of amides is 1. The molecule has 1 amide bonds. The van der Waals surface area contributed by atoms with Crippen LogP contribution in [0.15, 0.2) is 48.5 Å². The molecule has 0 fully saturated rings. The molecule has 0 heterocycles. The first-order chi connectivity index (χ1) is 11.6. The van der Waals surface area contributed by atoms with Crippen molar-refractivity contribution in [2.75, 3.05) is 18.8 Å². The maximum atomic E-state index is 12.1. The highest BCUT2D eigenvalue weighted by atomic mass is 16.5. The third-order valence-corrected chi connectivity index (χ3v) is 4.06. The van der Waals surface area contributed by atoms with Crippen LogP contribution in [-0.4, -0.2) is 23.9 Å². The first-order valence-corrected chi connectivity index (χ1v) is 8.47. The maximum Gasteiger partial charge on any atom is 0.222 e. The van der Waals surface area contributed by atoms with Gasteiger partial charge in [0.25, 0.3) is 0 Å². The maximum absolute atomic E-state index is 12.1. The van der Waals surface area contributed by atoms with E-state index < -0.39 is 0 Å². The second-order valence-electron chi connectivity index (χ2n) is 5.71. The summed E-state index contributed by atoms with van der Waals surface area (Å²) in [5, 5.41) is 0. The van der Waals surface area contributed by atoms with Gasteiger partial charge in [0.05, 0.1) is 5.69 Å². The Bertz CT molecular complexity index is 652. The Labute approximate surface area is 144 Å². The molecule has 0 radical (unpaired) electrons. The average Bonchev–Trinajstić information content (AvgIpc) is 2.61. The van der Waals surface area contributed by atoms with Gasteiger partial charge in [0.1, 0.15) is 12.4 Å². The van der Waals surface area contributed by atoms with Gasteiger partial charge in [0.15, 0.2) is 0 Å². The quantitative estimate of drug-likeness (QED) is 0.753. The smallest absolute Gasteiger partial charge is 0.222 e. The number of ether oxygens (including phenoxy) is 1. The first-order valence-electron chi connectivity index (χ1n) is 8.47. The normalized spacial score (nSPS) is 10.4. The summed E-state index contributed by atoms with van der Waals surface area (Å²) in [6.45, 7) is 5.99. The van der Waals surface area contributed by atoms with Crippen molar-refractivity contribution in [3.05, 3.63) is 59.7 Å². The molecule has 0 aromatic heterocycles. The van der Waals surface area contributed by atoms with E-state index in [1.807, 2.05) is 67.3 Å². The van der Waals surface area contributed by atoms with Crippen molar-refractivity contribution in [2.24, 2.45) is 0 Å². The highest BCUT2D eigenvalue weighted by Gasteiger charge is 2.10. The number of rotatable bonds is 8. The van der Waals surface area contributed by atoms with Crippen molar-refractivity contribution in [3.63, 3.8) is 0 Å². The van der Waals surface area contributed by atoms with E-state index in [2.05, 4.69) is 0 Å². The Hall–Kier alpha value is -2.49. The number of hydrogen-bond acceptors (Lipinski definition) is 3. The zero-order chi connectivity index (χ0) is 17.4. The van der Waals surface area contributed by atoms with Crippen molar-refractivity contribution in [2.45, 2.75) is 33.3 Å². The van der Waals surface area contributed by atoms with Crippen LogP contribution in [-0.2, 0) is 17.8 Å². The van der Waals surface area contributed by atoms with Crippen LogP contribution < -0.4 is 10.5 Å². The Morgan fingerprint density at radius 3 is 2.38 bits per heavy atom. The zero-order valence-electron chi connectivity index (χ0n) is 14.5. The van der Waals surface area contributed by atoms with Gasteiger partial charge in [-0.15, -0.1) is 0 Å². The van der Waals surface area contributed by atoms with Gasteiger partial charge in [0, 0.05) is 19.5 Å². The van der Waals surface area contributed by atoms with Gasteiger partial charge < -0.3 is 15.4 Å². The topological polar surface area (TPSA) is 55.6 Å². The van der Waals surface area contributed by atoms with Gasteiger partial charge >= 0.3 is 0 Å². The lowest BCUT2D eigenvalue weighted by atomic mass is 10.1. The summed E-state index contributed by atoms with van der Waals surface area (Å²) in [6.07, 6.45) is 1.20. The molecule has 0 bridgehead atoms. The minimum Gasteiger partial charge on any atom is -0.487 e. The first kappa shape index (κ1) is 17.9. The van der Waals surface area contributed by atoms with Crippen LogP contribution in [0.3, 0.4) is 0 Å². The third kappa shape index (κ3) is 5.01. The molecule has 4 nitrogen and oxygen atoms in total. The molecule has 128 valence electrons. The molecule has 0 saturated carbocycles. The van der Waals surface area contributed by atoms with Crippen LogP contribution in [0.5, 0.6) is 5.75 Å². The summed E-state index contributed by atoms with van der Waals surface area (Å²) in [7, 11) is 0. The summed E-state index contributed by atoms with van der Waals surface area (Å²) in [4.78, 5) is 13.9. The standard InChI is InChI=1S/C20H26N2O2/c1-3-22(4-2)20(23)13-11-16-10-12-19(18(21)14-16)24-15-17-8-6-5-7-9-17/h5-10,12,14H,3-4,11,13,15,21H2,1-2H3. The van der Waals surface area contributed by atoms with Gasteiger partial charge in [-0.3, -0.25) is 4.79 Å². The molecule has 2 rings (SSSR count). The lowest BCUT2D eigenvalue weighted by Crippen LogP contribution is -2.30. The number of nitrogens with two attached hydrogens (primary N) is 1. The van der Waals surface area contributed by atoms with Crippen molar-refractivity contribution >= 4 is 11.6 Å². The number of hydrogen-bond donors (Lipinski definition) is 1. The Morgan fingerprint density at radius 2 is 1.75 bits per heavy atom. The number of carbonyl (C=O) groups is 1. The number of carbonyl (C=O) groups excluding carboxylic acids is 1. The zero-order valence-corrected chi connectivity index (χ0v) is 14.5. The van der Waals surface area contributed by atoms with Gasteiger partial charge in [0.2, 0.25) is 5.91 Å². The lowest BCUT2D eigenvalue weighted by molar-refractivity contribution is -0.130. The molecule has 0 saturated heterocycles. The van der Waals surface area contributed by atoms with E-state index in [9.17, 15) is 4.79 Å². The van der Waals surface area contributed by atoms with Crippen LogP contribution in [0, 0.1) is 0 Å². The Kier molecular flexibility index (Phi) is 6.67. The van der Waals surface area contributed by atoms with Crippen LogP contribution in [0.4, 0.5) is 5.69 Å². The number of nitrogen functional groups attached to an aromatic ring is 1. The molecule has 2 N–H and O–H groups in total. The molecule has 2 aromatic rings. The minimum absolute atomic E-state index is 0.183. The lowest BCUT2D eigenvalue weighted by Gasteiger charge is -2.18. The van der Waals surface area contributed by atoms with Crippen LogP contribution in [0.1, 0.15) is 31.4 Å². The number of benzene rings is 2. The molecule has 0 aliphatic heterocycles. The average molecular weight is 326 g/mol. The predicted octanol–water partition coefficient (Wildman–Crippen LogP) is 3.65. The molecular weight excluding hydrogens is 300 g/mol. The van der Waals surface area contributed by atoms with Crippen molar-refractivity contribution < 1.29 is 9.53 Å². The molecule has 0 spiro atoms. The third-order valence-electron chi connectivity index (χ3n) is 4.06. The van der Waals surface area contributed by atoms with Crippen LogP contribution >= 0.6 is 0 Å². The fourth-order valence-corrected chi connectivity index (χ4v) is 2.61. The van der Waals surface area contributed by atoms with Gasteiger partial charge in [-0.05, 0) is 43.5 Å². The second kappa shape index (κ2) is 8.96. The van der Waals surface area contributed by atoms with Crippen LogP contribution in [0.25, 0.3) is 0 Å². The van der Waals surface area contributed by atoms with E-state index in [4.69, 9.17) is 10.5 Å². The van der Waals surface area contributed by atoms with E-state index in [1.54, 1.807) is 0 Å². The van der Waals surface area contributed by atoms with Gasteiger partial charge in [-0.1, -0.05) is 36.4 Å². The largest absolute Gasteiger partial charge is 0.487 e. The van der Waals surface area contributed by atoms with E-state index in [1.165, 1.54) is 0 Å². The van der Waals surface area contributed by atoms with Crippen LogP contribution in [0.2, 0.25) is 0 Å². The molecule has 24 heavy (non-hydrogen) atoms. The van der Waals surface area contributed by atoms with E-state index in [0.717, 1.165) is 24.2 Å². The van der Waals surface area contributed by atoms with E-state index >= 15 is 0 Å². The van der Waals surface area contributed by atoms with E-state index in [-0.39, 0.29) is 5.91 Å². The highest BCUT2D eigenvalue weighted by Crippen LogP contribution is 2.24. The second-order valence-corrected chi connectivity index (χ2v) is 5.71. The summed E-state index contributed by atoms with van der Waals surface area (Å²) < 4.78 is 5.78. The summed E-state index contributed by atoms with van der Waals surface area (Å²) in [5.74, 6) is 0.862. The molecule has 4 heteroatoms. The van der Waals surface area contributed by atoms with Crippen molar-refractivity contribution in [1.82, 2.24) is 4.90 Å². The van der Waals surface area contributed by atoms with Crippen molar-refractivity contribution in [3.8, 4) is 5.75 Å². The molecule has 2 aromatic carbocycles. The molecule has 0 aliphatic rings. The molecule has 0 aliphatic carbocycles. The molecule has 0 unspecified atom stereocenters. The molecule has 0 atom stereocenters. The highest BCUT2D eigenvalue weighted by molar-refractivity contribution is 5.76. The Morgan fingerprint density at radius 1 is 1.04 bits per heavy atom. The SMILES string of the molecule is CCN(CC)C(=O)CCc1ccc(OCc2ccccc2)c(N)c1. The summed E-state index contributed by atoms with van der Waals surface area (Å²) >= 11 is 0. The number of nitrogens with zero attached hydrogens (tertiary/aromatic N) is 1. The predicted molar refractivity (Wildman–Crippen MR) is 97.9 cm³/mol. The Balaban J connectivity index is 1.91. The summed E-state index contributed by atoms with van der Waals surface area (Å²) in [5.41, 5.74) is 8.85. The fraction of sp³-hybridized carbons (Fsp3) is 0.350. The summed E-state index contributed by atoms with van der Waals surface area (Å²) in [6, 6.07) is 15.7. The number of anilines is 1. The fourth-order valence-electron chi connectivity index (χ4n) is 2.61. The number of aryl methyl sites for hydroxylation is 1. The van der Waals surface area contributed by atoms with Gasteiger partial charge in [-0.25, -0.2) is 0 Å². The molecular formula is C20H26N2O2. The van der Waals surface area contributed by atoms with Gasteiger partial charge in [-0.2, -0.15) is 0 Å². The van der Waals surface area contributed by atoms with E-state index in [0.29, 0.717) is 30.9 Å². The monoisotopic (exact) mass is 326 g/mol. The van der Waals surface area contributed by atoms with Crippen molar-refractivity contribution in [1.29, 1.82) is 0 Å². The minimum atomic E-state index is 0.183.